The van der Waals surface area contributed by atoms with Gasteiger partial charge in [-0.3, -0.25) is 0 Å². The monoisotopic (exact) mass is 286 g/mol. The molecule has 21 heavy (non-hydrogen) atoms. The lowest BCUT2D eigenvalue weighted by Crippen LogP contribution is -1.92. The summed E-state index contributed by atoms with van der Waals surface area (Å²) in [7, 11) is 3.23. The molecule has 0 aliphatic carbocycles. The standard InChI is InChI=1S/C16H18N2O3/c1-4-21-16-9-8-14(20-3)11-15(16)18-17-12-6-5-7-13(10-12)19-2/h5-11H,4H2,1-3H3. The maximum atomic E-state index is 5.54. The van der Waals surface area contributed by atoms with Gasteiger partial charge in [0.25, 0.3) is 0 Å². The van der Waals surface area contributed by atoms with Crippen LogP contribution in [0, 0.1) is 0 Å². The molecule has 110 valence electrons. The molecule has 0 saturated carbocycles. The Kier molecular flexibility index (Phi) is 5.15. The molecular formula is C16H18N2O3. The Balaban J connectivity index is 2.29. The SMILES string of the molecule is CCOc1ccc(OC)cc1N=Nc1cccc(OC)c1. The van der Waals surface area contributed by atoms with Crippen molar-refractivity contribution in [2.75, 3.05) is 20.8 Å². The third-order valence-electron chi connectivity index (χ3n) is 2.79. The van der Waals surface area contributed by atoms with Crippen LogP contribution in [0.3, 0.4) is 0 Å². The number of hydrogen-bond donors (Lipinski definition) is 0. The van der Waals surface area contributed by atoms with Crippen molar-refractivity contribution in [3.05, 3.63) is 42.5 Å². The van der Waals surface area contributed by atoms with Crippen LogP contribution >= 0.6 is 0 Å². The van der Waals surface area contributed by atoms with Gasteiger partial charge in [-0.1, -0.05) is 6.07 Å². The highest BCUT2D eigenvalue weighted by molar-refractivity contribution is 5.55. The molecule has 0 amide bonds. The molecule has 0 aromatic heterocycles. The second kappa shape index (κ2) is 7.28. The van der Waals surface area contributed by atoms with E-state index in [4.69, 9.17) is 14.2 Å². The summed E-state index contributed by atoms with van der Waals surface area (Å²) >= 11 is 0. The lowest BCUT2D eigenvalue weighted by molar-refractivity contribution is 0.340. The molecule has 0 radical (unpaired) electrons. The molecule has 2 aromatic rings. The van der Waals surface area contributed by atoms with Crippen LogP contribution in [0.5, 0.6) is 17.2 Å². The van der Waals surface area contributed by atoms with Gasteiger partial charge in [-0.25, -0.2) is 0 Å². The van der Waals surface area contributed by atoms with Gasteiger partial charge >= 0.3 is 0 Å². The fraction of sp³-hybridized carbons (Fsp3) is 0.250. The first-order valence-corrected chi connectivity index (χ1v) is 6.63. The number of ether oxygens (including phenoxy) is 3. The molecule has 0 saturated heterocycles. The van der Waals surface area contributed by atoms with Gasteiger partial charge in [0, 0.05) is 12.1 Å². The van der Waals surface area contributed by atoms with Crippen molar-refractivity contribution in [2.24, 2.45) is 10.2 Å². The smallest absolute Gasteiger partial charge is 0.147 e. The van der Waals surface area contributed by atoms with E-state index >= 15 is 0 Å². The summed E-state index contributed by atoms with van der Waals surface area (Å²) in [6.45, 7) is 2.49. The van der Waals surface area contributed by atoms with E-state index in [0.29, 0.717) is 29.5 Å². The van der Waals surface area contributed by atoms with Crippen LogP contribution in [0.1, 0.15) is 6.92 Å². The minimum absolute atomic E-state index is 0.564. The molecule has 0 bridgehead atoms. The normalized spacial score (nSPS) is 10.6. The summed E-state index contributed by atoms with van der Waals surface area (Å²) in [6, 6.07) is 12.8. The predicted octanol–water partition coefficient (Wildman–Crippen LogP) is 4.52. The van der Waals surface area contributed by atoms with Gasteiger partial charge in [0.2, 0.25) is 0 Å². The summed E-state index contributed by atoms with van der Waals surface area (Å²) in [5.41, 5.74) is 1.33. The molecule has 0 heterocycles. The second-order valence-corrected chi connectivity index (χ2v) is 4.17. The van der Waals surface area contributed by atoms with Gasteiger partial charge in [0.15, 0.2) is 0 Å². The maximum absolute atomic E-state index is 5.54. The topological polar surface area (TPSA) is 52.4 Å². The van der Waals surface area contributed by atoms with E-state index in [9.17, 15) is 0 Å². The van der Waals surface area contributed by atoms with Crippen LogP contribution < -0.4 is 14.2 Å². The van der Waals surface area contributed by atoms with Gasteiger partial charge in [0.1, 0.15) is 22.9 Å². The van der Waals surface area contributed by atoms with Crippen LogP contribution in [0.25, 0.3) is 0 Å². The Labute approximate surface area is 124 Å². The first kappa shape index (κ1) is 14.8. The molecule has 2 aromatic carbocycles. The van der Waals surface area contributed by atoms with Gasteiger partial charge in [-0.05, 0) is 31.2 Å². The zero-order valence-corrected chi connectivity index (χ0v) is 12.4. The molecule has 2 rings (SSSR count). The van der Waals surface area contributed by atoms with E-state index in [0.717, 1.165) is 5.75 Å². The highest BCUT2D eigenvalue weighted by atomic mass is 16.5. The number of rotatable bonds is 6. The van der Waals surface area contributed by atoms with E-state index in [1.165, 1.54) is 0 Å². The molecule has 0 spiro atoms. The summed E-state index contributed by atoms with van der Waals surface area (Å²) in [6.07, 6.45) is 0. The Morgan fingerprint density at radius 2 is 1.67 bits per heavy atom. The van der Waals surface area contributed by atoms with E-state index in [-0.39, 0.29) is 0 Å². The average molecular weight is 286 g/mol. The van der Waals surface area contributed by atoms with Gasteiger partial charge in [0.05, 0.1) is 26.5 Å². The number of hydrogen-bond acceptors (Lipinski definition) is 5. The minimum atomic E-state index is 0.564. The molecule has 0 aliphatic heterocycles. The van der Waals surface area contributed by atoms with Gasteiger partial charge in [-0.2, -0.15) is 5.11 Å². The van der Waals surface area contributed by atoms with Crippen molar-refractivity contribution in [3.8, 4) is 17.2 Å². The fourth-order valence-electron chi connectivity index (χ4n) is 1.76. The van der Waals surface area contributed by atoms with Crippen LogP contribution in [0.4, 0.5) is 11.4 Å². The van der Waals surface area contributed by atoms with Crippen LogP contribution in [-0.4, -0.2) is 20.8 Å². The Morgan fingerprint density at radius 1 is 0.905 bits per heavy atom. The van der Waals surface area contributed by atoms with E-state index in [1.54, 1.807) is 20.3 Å². The van der Waals surface area contributed by atoms with Crippen molar-refractivity contribution in [1.82, 2.24) is 0 Å². The largest absolute Gasteiger partial charge is 0.497 e. The lowest BCUT2D eigenvalue weighted by Gasteiger charge is -2.07. The average Bonchev–Trinajstić information content (AvgIpc) is 2.54. The zero-order valence-electron chi connectivity index (χ0n) is 12.4. The minimum Gasteiger partial charge on any atom is -0.497 e. The van der Waals surface area contributed by atoms with Crippen molar-refractivity contribution < 1.29 is 14.2 Å². The number of azo groups is 1. The lowest BCUT2D eigenvalue weighted by atomic mass is 10.3. The number of methoxy groups -OCH3 is 2. The molecule has 0 aliphatic rings. The summed E-state index contributed by atoms with van der Waals surface area (Å²) in [5.74, 6) is 2.12. The van der Waals surface area contributed by atoms with Gasteiger partial charge in [-0.15, -0.1) is 5.11 Å². The van der Waals surface area contributed by atoms with Crippen molar-refractivity contribution in [2.45, 2.75) is 6.92 Å². The molecule has 5 heteroatoms. The van der Waals surface area contributed by atoms with Crippen molar-refractivity contribution >= 4 is 11.4 Å². The maximum Gasteiger partial charge on any atom is 0.147 e. The highest BCUT2D eigenvalue weighted by Gasteiger charge is 2.05. The Hall–Kier alpha value is -2.56. The Bertz CT molecular complexity index is 627. The molecule has 0 unspecified atom stereocenters. The van der Waals surface area contributed by atoms with Crippen molar-refractivity contribution in [1.29, 1.82) is 0 Å². The highest BCUT2D eigenvalue weighted by Crippen LogP contribution is 2.33. The number of nitrogens with zero attached hydrogens (tertiary/aromatic N) is 2. The van der Waals surface area contributed by atoms with E-state index in [1.807, 2.05) is 43.3 Å². The van der Waals surface area contributed by atoms with Crippen LogP contribution in [0.2, 0.25) is 0 Å². The number of benzene rings is 2. The molecule has 0 N–H and O–H groups in total. The third kappa shape index (κ3) is 3.95. The molecule has 0 fully saturated rings. The Morgan fingerprint density at radius 3 is 2.38 bits per heavy atom. The quantitative estimate of drug-likeness (QED) is 0.734. The van der Waals surface area contributed by atoms with Crippen LogP contribution in [-0.2, 0) is 0 Å². The first-order chi connectivity index (χ1) is 10.3. The molecule has 0 atom stereocenters. The summed E-state index contributed by atoms with van der Waals surface area (Å²) < 4.78 is 15.9. The summed E-state index contributed by atoms with van der Waals surface area (Å²) in [4.78, 5) is 0. The molecular weight excluding hydrogens is 268 g/mol. The van der Waals surface area contributed by atoms with E-state index < -0.39 is 0 Å². The zero-order chi connectivity index (χ0) is 15.1. The molecule has 5 nitrogen and oxygen atoms in total. The fourth-order valence-corrected chi connectivity index (χ4v) is 1.76. The summed E-state index contributed by atoms with van der Waals surface area (Å²) in [5, 5.41) is 8.46. The van der Waals surface area contributed by atoms with Crippen LogP contribution in [0.15, 0.2) is 52.7 Å². The first-order valence-electron chi connectivity index (χ1n) is 6.63. The van der Waals surface area contributed by atoms with Crippen molar-refractivity contribution in [3.63, 3.8) is 0 Å². The predicted molar refractivity (Wildman–Crippen MR) is 81.3 cm³/mol. The second-order valence-electron chi connectivity index (χ2n) is 4.17. The van der Waals surface area contributed by atoms with E-state index in [2.05, 4.69) is 10.2 Å². The third-order valence-corrected chi connectivity index (χ3v) is 2.79. The van der Waals surface area contributed by atoms with Gasteiger partial charge < -0.3 is 14.2 Å².